The van der Waals surface area contributed by atoms with E-state index in [0.29, 0.717) is 10.3 Å². The number of nitrogen functional groups attached to an aromatic ring is 1. The number of nitrogens with two attached hydrogens (primary N) is 1. The van der Waals surface area contributed by atoms with Gasteiger partial charge in [-0.1, -0.05) is 0 Å². The smallest absolute Gasteiger partial charge is 0.277 e. The molecule has 2 rings (SSSR count). The van der Waals surface area contributed by atoms with E-state index in [1.807, 2.05) is 0 Å². The molecule has 0 unspecified atom stereocenters. The molecule has 0 atom stereocenters. The van der Waals surface area contributed by atoms with Crippen LogP contribution in [0.1, 0.15) is 10.5 Å². The highest BCUT2D eigenvalue weighted by Crippen LogP contribution is 2.18. The van der Waals surface area contributed by atoms with Gasteiger partial charge in [0, 0.05) is 6.20 Å². The third-order valence-electron chi connectivity index (χ3n) is 1.88. The monoisotopic (exact) mass is 293 g/mol. The maximum atomic E-state index is 11.8. The third kappa shape index (κ3) is 2.76. The first-order chi connectivity index (χ1) is 8.16. The van der Waals surface area contributed by atoms with Crippen molar-refractivity contribution in [2.75, 3.05) is 11.1 Å². The Labute approximate surface area is 105 Å². The van der Waals surface area contributed by atoms with Crippen molar-refractivity contribution in [1.29, 1.82) is 0 Å². The zero-order valence-corrected chi connectivity index (χ0v) is 10.2. The molecule has 0 saturated heterocycles. The summed E-state index contributed by atoms with van der Waals surface area (Å²) in [6, 6.07) is 3.52. The Balaban J connectivity index is 2.20. The van der Waals surface area contributed by atoms with E-state index >= 15 is 0 Å². The molecule has 0 saturated carbocycles. The first-order valence-corrected chi connectivity index (χ1v) is 5.45. The number of carbonyl (C=O) groups is 1. The number of amides is 1. The number of hydrogen-bond donors (Lipinski definition) is 2. The summed E-state index contributed by atoms with van der Waals surface area (Å²) >= 11 is 3.27. The summed E-state index contributed by atoms with van der Waals surface area (Å²) in [6.45, 7) is 0. The topological polar surface area (TPSA) is 93.8 Å². The molecular weight excluding hydrogens is 286 g/mol. The molecule has 6 nitrogen and oxygen atoms in total. The summed E-state index contributed by atoms with van der Waals surface area (Å²) in [5.74, 6) is 0.198. The molecule has 1 amide bonds. The standard InChI is InChI=1S/C10H8BrN5O/c11-6-2-1-3-14-9(6)16-10(17)7-4-13-5-8(12)15-7/h1-5H,(H2,12,15)(H,14,16,17). The van der Waals surface area contributed by atoms with Gasteiger partial charge in [-0.2, -0.15) is 0 Å². The first kappa shape index (κ1) is 11.5. The van der Waals surface area contributed by atoms with Crippen LogP contribution in [0.25, 0.3) is 0 Å². The fourth-order valence-corrected chi connectivity index (χ4v) is 1.49. The number of hydrogen-bond acceptors (Lipinski definition) is 5. The van der Waals surface area contributed by atoms with E-state index in [-0.39, 0.29) is 11.5 Å². The van der Waals surface area contributed by atoms with Crippen LogP contribution in [0.3, 0.4) is 0 Å². The van der Waals surface area contributed by atoms with Crippen molar-refractivity contribution in [2.24, 2.45) is 0 Å². The van der Waals surface area contributed by atoms with Gasteiger partial charge in [0.25, 0.3) is 5.91 Å². The predicted molar refractivity (Wildman–Crippen MR) is 66.3 cm³/mol. The minimum absolute atomic E-state index is 0.141. The van der Waals surface area contributed by atoms with Crippen LogP contribution in [0.4, 0.5) is 11.6 Å². The van der Waals surface area contributed by atoms with Crippen LogP contribution >= 0.6 is 15.9 Å². The van der Waals surface area contributed by atoms with E-state index < -0.39 is 5.91 Å². The van der Waals surface area contributed by atoms with Gasteiger partial charge in [0.05, 0.1) is 16.9 Å². The minimum Gasteiger partial charge on any atom is -0.382 e. The lowest BCUT2D eigenvalue weighted by Crippen LogP contribution is -2.15. The van der Waals surface area contributed by atoms with E-state index in [0.717, 1.165) is 0 Å². The molecule has 0 fully saturated rings. The fourth-order valence-electron chi connectivity index (χ4n) is 1.14. The fraction of sp³-hybridized carbons (Fsp3) is 0. The van der Waals surface area contributed by atoms with E-state index in [2.05, 4.69) is 36.2 Å². The lowest BCUT2D eigenvalue weighted by molar-refractivity contribution is 0.102. The lowest BCUT2D eigenvalue weighted by atomic mass is 10.4. The summed E-state index contributed by atoms with van der Waals surface area (Å²) < 4.78 is 0.685. The largest absolute Gasteiger partial charge is 0.382 e. The van der Waals surface area contributed by atoms with E-state index in [9.17, 15) is 4.79 Å². The van der Waals surface area contributed by atoms with E-state index in [1.165, 1.54) is 12.4 Å². The van der Waals surface area contributed by atoms with Gasteiger partial charge < -0.3 is 11.1 Å². The number of anilines is 2. The van der Waals surface area contributed by atoms with E-state index in [4.69, 9.17) is 5.73 Å². The Kier molecular flexibility index (Phi) is 3.29. The van der Waals surface area contributed by atoms with Crippen molar-refractivity contribution in [1.82, 2.24) is 15.0 Å². The Morgan fingerprint density at radius 1 is 1.41 bits per heavy atom. The molecule has 0 aromatic carbocycles. The van der Waals surface area contributed by atoms with Gasteiger partial charge in [0.2, 0.25) is 0 Å². The van der Waals surface area contributed by atoms with Gasteiger partial charge in [0.1, 0.15) is 17.3 Å². The summed E-state index contributed by atoms with van der Waals surface area (Å²) in [6.07, 6.45) is 4.28. The second kappa shape index (κ2) is 4.88. The normalized spacial score (nSPS) is 9.94. The van der Waals surface area contributed by atoms with Crippen LogP contribution in [0, 0.1) is 0 Å². The SMILES string of the molecule is Nc1cncc(C(=O)Nc2ncccc2Br)n1. The van der Waals surface area contributed by atoms with Crippen LogP contribution in [0.5, 0.6) is 0 Å². The Hall–Kier alpha value is -2.02. The molecule has 0 aliphatic rings. The molecule has 0 bridgehead atoms. The van der Waals surface area contributed by atoms with Gasteiger partial charge in [0.15, 0.2) is 0 Å². The molecule has 2 heterocycles. The number of nitrogens with zero attached hydrogens (tertiary/aromatic N) is 3. The summed E-state index contributed by atoms with van der Waals surface area (Å²) in [7, 11) is 0. The predicted octanol–water partition coefficient (Wildman–Crippen LogP) is 1.47. The quantitative estimate of drug-likeness (QED) is 0.874. The molecule has 2 aromatic heterocycles. The highest BCUT2D eigenvalue weighted by atomic mass is 79.9. The highest BCUT2D eigenvalue weighted by Gasteiger charge is 2.10. The van der Waals surface area contributed by atoms with Gasteiger partial charge in [-0.15, -0.1) is 0 Å². The highest BCUT2D eigenvalue weighted by molar-refractivity contribution is 9.10. The summed E-state index contributed by atoms with van der Waals surface area (Å²) in [5, 5.41) is 2.60. The van der Waals surface area contributed by atoms with Crippen LogP contribution < -0.4 is 11.1 Å². The molecule has 0 aliphatic carbocycles. The third-order valence-corrected chi connectivity index (χ3v) is 2.52. The van der Waals surface area contributed by atoms with Crippen molar-refractivity contribution in [3.63, 3.8) is 0 Å². The molecule has 7 heteroatoms. The number of nitrogens with one attached hydrogen (secondary N) is 1. The molecule has 3 N–H and O–H groups in total. The maximum absolute atomic E-state index is 11.8. The molecule has 0 radical (unpaired) electrons. The number of carbonyl (C=O) groups excluding carboxylic acids is 1. The minimum atomic E-state index is -0.413. The second-order valence-corrected chi connectivity index (χ2v) is 3.97. The van der Waals surface area contributed by atoms with Crippen LogP contribution in [0.2, 0.25) is 0 Å². The average molecular weight is 294 g/mol. The second-order valence-electron chi connectivity index (χ2n) is 3.12. The average Bonchev–Trinajstić information content (AvgIpc) is 2.32. The van der Waals surface area contributed by atoms with Crippen LogP contribution in [-0.4, -0.2) is 20.9 Å². The Morgan fingerprint density at radius 3 is 2.94 bits per heavy atom. The van der Waals surface area contributed by atoms with Crippen LogP contribution in [0.15, 0.2) is 35.2 Å². The van der Waals surface area contributed by atoms with Crippen molar-refractivity contribution in [3.05, 3.63) is 40.9 Å². The van der Waals surface area contributed by atoms with Gasteiger partial charge >= 0.3 is 0 Å². The lowest BCUT2D eigenvalue weighted by Gasteiger charge is -2.05. The number of halogens is 1. The molecule has 2 aromatic rings. The van der Waals surface area contributed by atoms with Crippen LogP contribution in [-0.2, 0) is 0 Å². The Morgan fingerprint density at radius 2 is 2.24 bits per heavy atom. The van der Waals surface area contributed by atoms with Crippen molar-refractivity contribution >= 4 is 33.5 Å². The van der Waals surface area contributed by atoms with Crippen molar-refractivity contribution in [3.8, 4) is 0 Å². The number of rotatable bonds is 2. The summed E-state index contributed by atoms with van der Waals surface area (Å²) in [5.41, 5.74) is 5.58. The first-order valence-electron chi connectivity index (χ1n) is 4.66. The van der Waals surface area contributed by atoms with Gasteiger partial charge in [-0.25, -0.2) is 9.97 Å². The molecule has 0 aliphatic heterocycles. The van der Waals surface area contributed by atoms with E-state index in [1.54, 1.807) is 18.3 Å². The molecular formula is C10H8BrN5O. The number of aromatic nitrogens is 3. The number of pyridine rings is 1. The van der Waals surface area contributed by atoms with Gasteiger partial charge in [-0.3, -0.25) is 9.78 Å². The molecule has 0 spiro atoms. The zero-order chi connectivity index (χ0) is 12.3. The Bertz CT molecular complexity index is 560. The summed E-state index contributed by atoms with van der Waals surface area (Å²) in [4.78, 5) is 23.4. The zero-order valence-electron chi connectivity index (χ0n) is 8.59. The maximum Gasteiger partial charge on any atom is 0.277 e. The van der Waals surface area contributed by atoms with Crippen molar-refractivity contribution in [2.45, 2.75) is 0 Å². The van der Waals surface area contributed by atoms with Crippen molar-refractivity contribution < 1.29 is 4.79 Å². The van der Waals surface area contributed by atoms with Gasteiger partial charge in [-0.05, 0) is 28.1 Å². The molecule has 86 valence electrons. The molecule has 17 heavy (non-hydrogen) atoms.